The number of para-hydroxylation sites is 5. The van der Waals surface area contributed by atoms with Gasteiger partial charge in [0.15, 0.2) is 11.5 Å². The van der Waals surface area contributed by atoms with Gasteiger partial charge in [0, 0.05) is 22.5 Å². The van der Waals surface area contributed by atoms with Gasteiger partial charge in [0.25, 0.3) is 0 Å². The van der Waals surface area contributed by atoms with E-state index in [2.05, 4.69) is 163 Å². The molecule has 0 aromatic heterocycles. The van der Waals surface area contributed by atoms with Crippen LogP contribution in [0.2, 0.25) is 0 Å². The SMILES string of the molecule is CC1(C)c2ccccc2N2c3ccccc3Oc3cc(-c4ccc(N(c5ccccc5)c5ccccc5)cc4)cc1c32. The van der Waals surface area contributed by atoms with Gasteiger partial charge in [-0.3, -0.25) is 0 Å². The van der Waals surface area contributed by atoms with Crippen LogP contribution in [0.5, 0.6) is 11.5 Å². The summed E-state index contributed by atoms with van der Waals surface area (Å²) in [6.07, 6.45) is 0. The zero-order chi connectivity index (χ0) is 28.3. The molecule has 0 bridgehead atoms. The molecule has 0 radical (unpaired) electrons. The van der Waals surface area contributed by atoms with Gasteiger partial charge < -0.3 is 14.5 Å². The minimum absolute atomic E-state index is 0.194. The van der Waals surface area contributed by atoms with Gasteiger partial charge in [-0.05, 0) is 89.0 Å². The second kappa shape index (κ2) is 9.39. The van der Waals surface area contributed by atoms with Crippen LogP contribution in [-0.2, 0) is 5.41 Å². The molecule has 2 aliphatic rings. The Bertz CT molecular complexity index is 1890. The van der Waals surface area contributed by atoms with E-state index in [1.165, 1.54) is 16.8 Å². The fraction of sp³-hybridized carbons (Fsp3) is 0.0769. The smallest absolute Gasteiger partial charge is 0.152 e. The highest BCUT2D eigenvalue weighted by molar-refractivity contribution is 5.94. The number of hydrogen-bond acceptors (Lipinski definition) is 3. The Kier molecular flexibility index (Phi) is 5.48. The number of fused-ring (bicyclic) bond motifs is 4. The maximum Gasteiger partial charge on any atom is 0.152 e. The molecular weight excluding hydrogens is 512 g/mol. The molecule has 8 rings (SSSR count). The fourth-order valence-electron chi connectivity index (χ4n) is 6.52. The summed E-state index contributed by atoms with van der Waals surface area (Å²) in [6.45, 7) is 4.65. The highest BCUT2D eigenvalue weighted by Gasteiger charge is 2.41. The van der Waals surface area contributed by atoms with Crippen LogP contribution in [-0.4, -0.2) is 0 Å². The third-order valence-electron chi connectivity index (χ3n) is 8.60. The lowest BCUT2D eigenvalue weighted by atomic mass is 9.72. The highest BCUT2D eigenvalue weighted by Crippen LogP contribution is 2.60. The van der Waals surface area contributed by atoms with E-state index in [0.717, 1.165) is 51.1 Å². The van der Waals surface area contributed by atoms with Crippen molar-refractivity contribution < 1.29 is 4.74 Å². The van der Waals surface area contributed by atoms with Gasteiger partial charge in [-0.1, -0.05) is 92.7 Å². The molecule has 42 heavy (non-hydrogen) atoms. The topological polar surface area (TPSA) is 15.7 Å². The fourth-order valence-corrected chi connectivity index (χ4v) is 6.52. The molecular formula is C39H30N2O. The van der Waals surface area contributed by atoms with E-state index < -0.39 is 0 Å². The van der Waals surface area contributed by atoms with Crippen LogP contribution in [0.4, 0.5) is 34.1 Å². The lowest BCUT2D eigenvalue weighted by molar-refractivity contribution is 0.471. The van der Waals surface area contributed by atoms with Crippen molar-refractivity contribution in [2.75, 3.05) is 9.80 Å². The molecule has 2 aliphatic heterocycles. The van der Waals surface area contributed by atoms with Crippen LogP contribution < -0.4 is 14.5 Å². The molecule has 2 heterocycles. The van der Waals surface area contributed by atoms with Gasteiger partial charge in [-0.2, -0.15) is 0 Å². The summed E-state index contributed by atoms with van der Waals surface area (Å²) in [6, 6.07) is 51.6. The molecule has 0 amide bonds. The van der Waals surface area contributed by atoms with Crippen LogP contribution in [0.1, 0.15) is 25.0 Å². The first-order valence-corrected chi connectivity index (χ1v) is 14.5. The van der Waals surface area contributed by atoms with Crippen molar-refractivity contribution in [3.05, 3.63) is 157 Å². The molecule has 0 N–H and O–H groups in total. The van der Waals surface area contributed by atoms with Crippen molar-refractivity contribution in [2.24, 2.45) is 0 Å². The van der Waals surface area contributed by atoms with Crippen LogP contribution in [0.15, 0.2) is 146 Å². The maximum absolute atomic E-state index is 6.62. The van der Waals surface area contributed by atoms with Gasteiger partial charge in [-0.25, -0.2) is 0 Å². The molecule has 0 fully saturated rings. The van der Waals surface area contributed by atoms with Crippen molar-refractivity contribution in [1.82, 2.24) is 0 Å². The number of benzene rings is 6. The third-order valence-corrected chi connectivity index (χ3v) is 8.60. The summed E-state index contributed by atoms with van der Waals surface area (Å²) in [5.74, 6) is 1.77. The Balaban J connectivity index is 1.26. The molecule has 202 valence electrons. The molecule has 0 saturated heterocycles. The Morgan fingerprint density at radius 1 is 0.500 bits per heavy atom. The Labute approximate surface area is 246 Å². The molecule has 6 aromatic carbocycles. The van der Waals surface area contributed by atoms with Gasteiger partial charge in [0.2, 0.25) is 0 Å². The summed E-state index contributed by atoms with van der Waals surface area (Å²) in [5.41, 5.74) is 11.5. The van der Waals surface area contributed by atoms with E-state index in [1.807, 2.05) is 6.07 Å². The quantitative estimate of drug-likeness (QED) is 0.220. The first-order valence-electron chi connectivity index (χ1n) is 14.5. The first kappa shape index (κ1) is 24.5. The van der Waals surface area contributed by atoms with Gasteiger partial charge >= 0.3 is 0 Å². The predicted octanol–water partition coefficient (Wildman–Crippen LogP) is 11.0. The van der Waals surface area contributed by atoms with Crippen molar-refractivity contribution in [1.29, 1.82) is 0 Å². The highest BCUT2D eigenvalue weighted by atomic mass is 16.5. The molecule has 0 aliphatic carbocycles. The second-order valence-electron chi connectivity index (χ2n) is 11.5. The number of nitrogens with zero attached hydrogens (tertiary/aromatic N) is 2. The van der Waals surface area contributed by atoms with Crippen molar-refractivity contribution >= 4 is 34.1 Å². The second-order valence-corrected chi connectivity index (χ2v) is 11.5. The van der Waals surface area contributed by atoms with Crippen LogP contribution >= 0.6 is 0 Å². The molecule has 0 unspecified atom stereocenters. The number of ether oxygens (including phenoxy) is 1. The monoisotopic (exact) mass is 542 g/mol. The van der Waals surface area contributed by atoms with Crippen molar-refractivity contribution in [3.63, 3.8) is 0 Å². The van der Waals surface area contributed by atoms with Crippen molar-refractivity contribution in [3.8, 4) is 22.6 Å². The summed E-state index contributed by atoms with van der Waals surface area (Å²) in [7, 11) is 0. The average Bonchev–Trinajstić information content (AvgIpc) is 3.04. The Morgan fingerprint density at radius 2 is 1.07 bits per heavy atom. The summed E-state index contributed by atoms with van der Waals surface area (Å²) < 4.78 is 6.62. The Hall–Kier alpha value is -5.28. The minimum Gasteiger partial charge on any atom is -0.453 e. The lowest BCUT2D eigenvalue weighted by Crippen LogP contribution is -2.32. The van der Waals surface area contributed by atoms with E-state index >= 15 is 0 Å². The minimum atomic E-state index is -0.194. The summed E-state index contributed by atoms with van der Waals surface area (Å²) in [4.78, 5) is 4.67. The molecule has 3 heteroatoms. The van der Waals surface area contributed by atoms with E-state index in [0.29, 0.717) is 0 Å². The molecule has 3 nitrogen and oxygen atoms in total. The van der Waals surface area contributed by atoms with Gasteiger partial charge in [0.1, 0.15) is 0 Å². The van der Waals surface area contributed by atoms with E-state index in [4.69, 9.17) is 4.74 Å². The standard InChI is InChI=1S/C39H30N2O/c1-39(2)32-17-9-10-18-34(32)41-35-19-11-12-20-36(35)42-37-26-28(25-33(39)38(37)41)27-21-23-31(24-22-27)40(29-13-5-3-6-14-29)30-15-7-4-8-16-30/h3-26H,1-2H3. The average molecular weight is 543 g/mol. The summed E-state index contributed by atoms with van der Waals surface area (Å²) in [5, 5.41) is 0. The zero-order valence-electron chi connectivity index (χ0n) is 23.7. The third kappa shape index (κ3) is 3.74. The van der Waals surface area contributed by atoms with Gasteiger partial charge in [-0.15, -0.1) is 0 Å². The van der Waals surface area contributed by atoms with Crippen LogP contribution in [0.3, 0.4) is 0 Å². The number of rotatable bonds is 4. The number of anilines is 6. The Morgan fingerprint density at radius 3 is 1.76 bits per heavy atom. The normalized spacial score (nSPS) is 13.8. The van der Waals surface area contributed by atoms with Crippen LogP contribution in [0, 0.1) is 0 Å². The maximum atomic E-state index is 6.62. The van der Waals surface area contributed by atoms with E-state index in [-0.39, 0.29) is 5.41 Å². The predicted molar refractivity (Wildman–Crippen MR) is 173 cm³/mol. The largest absolute Gasteiger partial charge is 0.453 e. The van der Waals surface area contributed by atoms with E-state index in [9.17, 15) is 0 Å². The van der Waals surface area contributed by atoms with E-state index in [1.54, 1.807) is 0 Å². The van der Waals surface area contributed by atoms with Crippen LogP contribution in [0.25, 0.3) is 11.1 Å². The van der Waals surface area contributed by atoms with Crippen molar-refractivity contribution in [2.45, 2.75) is 19.3 Å². The first-order chi connectivity index (χ1) is 20.6. The zero-order valence-corrected chi connectivity index (χ0v) is 23.7. The number of hydrogen-bond donors (Lipinski definition) is 0. The van der Waals surface area contributed by atoms with Gasteiger partial charge in [0.05, 0.1) is 17.1 Å². The lowest BCUT2D eigenvalue weighted by Gasteiger charge is -2.45. The molecule has 0 atom stereocenters. The molecule has 0 saturated carbocycles. The summed E-state index contributed by atoms with van der Waals surface area (Å²) >= 11 is 0. The molecule has 0 spiro atoms. The molecule has 6 aromatic rings.